The molecule has 24 heavy (non-hydrogen) atoms. The Kier molecular flexibility index (Phi) is 4.21. The predicted molar refractivity (Wildman–Crippen MR) is 97.8 cm³/mol. The summed E-state index contributed by atoms with van der Waals surface area (Å²) >= 11 is 1.81. The van der Waals surface area contributed by atoms with E-state index in [9.17, 15) is 0 Å². The molecule has 5 heteroatoms. The van der Waals surface area contributed by atoms with Crippen LogP contribution in [0, 0.1) is 6.92 Å². The summed E-state index contributed by atoms with van der Waals surface area (Å²) < 4.78 is 2.11. The highest BCUT2D eigenvalue weighted by Gasteiger charge is 2.30. The summed E-state index contributed by atoms with van der Waals surface area (Å²) in [5.74, 6) is 1.13. The summed E-state index contributed by atoms with van der Waals surface area (Å²) in [5, 5.41) is 1.12. The molecule has 124 valence electrons. The van der Waals surface area contributed by atoms with Crippen molar-refractivity contribution in [3.05, 3.63) is 59.1 Å². The largest absolute Gasteiger partial charge is 0.337 e. The molecule has 4 rings (SSSR count). The van der Waals surface area contributed by atoms with Crippen LogP contribution in [-0.4, -0.2) is 25.5 Å². The highest BCUT2D eigenvalue weighted by molar-refractivity contribution is 7.15. The summed E-state index contributed by atoms with van der Waals surface area (Å²) in [6.07, 6.45) is 8.54. The van der Waals surface area contributed by atoms with Crippen molar-refractivity contribution in [3.63, 3.8) is 0 Å². The van der Waals surface area contributed by atoms with E-state index in [-0.39, 0.29) is 0 Å². The van der Waals surface area contributed by atoms with E-state index in [1.54, 1.807) is 0 Å². The number of aryl methyl sites for hydroxylation is 2. The van der Waals surface area contributed by atoms with Crippen molar-refractivity contribution < 1.29 is 0 Å². The molecule has 0 atom stereocenters. The summed E-state index contributed by atoms with van der Waals surface area (Å²) in [7, 11) is 2.07. The van der Waals surface area contributed by atoms with Crippen molar-refractivity contribution in [2.24, 2.45) is 7.05 Å². The molecule has 4 nitrogen and oxygen atoms in total. The third kappa shape index (κ3) is 3.28. The van der Waals surface area contributed by atoms with E-state index >= 15 is 0 Å². The van der Waals surface area contributed by atoms with Gasteiger partial charge in [-0.3, -0.25) is 4.90 Å². The Labute approximate surface area is 146 Å². The van der Waals surface area contributed by atoms with Crippen LogP contribution in [0.2, 0.25) is 0 Å². The Morgan fingerprint density at radius 1 is 1.21 bits per heavy atom. The number of nitrogens with zero attached hydrogens (tertiary/aromatic N) is 4. The number of thiazole rings is 1. The zero-order chi connectivity index (χ0) is 16.5. The van der Waals surface area contributed by atoms with Gasteiger partial charge in [0, 0.05) is 48.7 Å². The lowest BCUT2D eigenvalue weighted by Gasteiger charge is -2.20. The van der Waals surface area contributed by atoms with Crippen molar-refractivity contribution in [1.29, 1.82) is 0 Å². The van der Waals surface area contributed by atoms with E-state index in [0.717, 1.165) is 23.9 Å². The first-order chi connectivity index (χ1) is 11.7. The zero-order valence-corrected chi connectivity index (χ0v) is 15.0. The SMILES string of the molecule is Cc1ccccc1-c1ncc(CN(Cc2nccn2C)C2CC2)s1. The van der Waals surface area contributed by atoms with Gasteiger partial charge in [-0.05, 0) is 25.3 Å². The second kappa shape index (κ2) is 6.49. The van der Waals surface area contributed by atoms with Gasteiger partial charge in [0.25, 0.3) is 0 Å². The van der Waals surface area contributed by atoms with E-state index in [1.165, 1.54) is 28.8 Å². The van der Waals surface area contributed by atoms with Crippen LogP contribution in [0.3, 0.4) is 0 Å². The molecule has 2 aromatic heterocycles. The van der Waals surface area contributed by atoms with Crippen LogP contribution >= 0.6 is 11.3 Å². The molecule has 1 fully saturated rings. The lowest BCUT2D eigenvalue weighted by atomic mass is 10.1. The molecular formula is C19H22N4S. The van der Waals surface area contributed by atoms with E-state index in [2.05, 4.69) is 57.7 Å². The highest BCUT2D eigenvalue weighted by Crippen LogP contribution is 2.33. The van der Waals surface area contributed by atoms with Gasteiger partial charge >= 0.3 is 0 Å². The first-order valence-electron chi connectivity index (χ1n) is 8.41. The predicted octanol–water partition coefficient (Wildman–Crippen LogP) is 4.02. The summed E-state index contributed by atoms with van der Waals surface area (Å²) in [5.41, 5.74) is 2.53. The van der Waals surface area contributed by atoms with Gasteiger partial charge in [-0.25, -0.2) is 9.97 Å². The van der Waals surface area contributed by atoms with Gasteiger partial charge in [-0.1, -0.05) is 24.3 Å². The molecule has 1 aliphatic rings. The maximum atomic E-state index is 4.67. The minimum absolute atomic E-state index is 0.700. The lowest BCUT2D eigenvalue weighted by molar-refractivity contribution is 0.239. The van der Waals surface area contributed by atoms with Crippen LogP contribution in [0.15, 0.2) is 42.9 Å². The molecule has 3 aromatic rings. The Balaban J connectivity index is 1.51. The monoisotopic (exact) mass is 338 g/mol. The van der Waals surface area contributed by atoms with Gasteiger partial charge in [0.1, 0.15) is 10.8 Å². The molecule has 1 aromatic carbocycles. The molecule has 0 bridgehead atoms. The fourth-order valence-electron chi connectivity index (χ4n) is 3.00. The molecule has 0 radical (unpaired) electrons. The minimum atomic E-state index is 0.700. The number of rotatable bonds is 6. The van der Waals surface area contributed by atoms with Crippen molar-refractivity contribution in [2.45, 2.75) is 38.9 Å². The molecule has 0 unspecified atom stereocenters. The molecule has 0 amide bonds. The second-order valence-electron chi connectivity index (χ2n) is 6.54. The molecule has 1 aliphatic carbocycles. The Morgan fingerprint density at radius 2 is 2.04 bits per heavy atom. The van der Waals surface area contributed by atoms with Crippen LogP contribution in [0.25, 0.3) is 10.6 Å². The fraction of sp³-hybridized carbons (Fsp3) is 0.368. The minimum Gasteiger partial charge on any atom is -0.337 e. The summed E-state index contributed by atoms with van der Waals surface area (Å²) in [6.45, 7) is 4.01. The normalized spacial score (nSPS) is 14.5. The smallest absolute Gasteiger partial charge is 0.123 e. The van der Waals surface area contributed by atoms with Gasteiger partial charge in [0.15, 0.2) is 0 Å². The molecule has 0 spiro atoms. The average molecular weight is 338 g/mol. The van der Waals surface area contributed by atoms with Gasteiger partial charge in [0.05, 0.1) is 6.54 Å². The van der Waals surface area contributed by atoms with Crippen molar-refractivity contribution in [1.82, 2.24) is 19.4 Å². The topological polar surface area (TPSA) is 34.0 Å². The maximum Gasteiger partial charge on any atom is 0.123 e. The third-order valence-corrected chi connectivity index (χ3v) is 5.63. The summed E-state index contributed by atoms with van der Waals surface area (Å²) in [4.78, 5) is 13.0. The zero-order valence-electron chi connectivity index (χ0n) is 14.1. The van der Waals surface area contributed by atoms with Crippen LogP contribution in [0.4, 0.5) is 0 Å². The molecule has 0 aliphatic heterocycles. The second-order valence-corrected chi connectivity index (χ2v) is 7.65. The summed E-state index contributed by atoms with van der Waals surface area (Å²) in [6, 6.07) is 9.17. The Bertz CT molecular complexity index is 831. The number of hydrogen-bond acceptors (Lipinski definition) is 4. The van der Waals surface area contributed by atoms with E-state index in [4.69, 9.17) is 0 Å². The van der Waals surface area contributed by atoms with E-state index < -0.39 is 0 Å². The van der Waals surface area contributed by atoms with Crippen LogP contribution in [0.1, 0.15) is 29.1 Å². The molecule has 0 N–H and O–H groups in total. The highest BCUT2D eigenvalue weighted by atomic mass is 32.1. The average Bonchev–Trinajstić information content (AvgIpc) is 3.20. The van der Waals surface area contributed by atoms with Crippen molar-refractivity contribution >= 4 is 11.3 Å². The molecule has 1 saturated carbocycles. The first kappa shape index (κ1) is 15.5. The van der Waals surface area contributed by atoms with E-state index in [0.29, 0.717) is 6.04 Å². The van der Waals surface area contributed by atoms with Gasteiger partial charge in [-0.15, -0.1) is 11.3 Å². The molecular weight excluding hydrogens is 316 g/mol. The number of hydrogen-bond donors (Lipinski definition) is 0. The fourth-order valence-corrected chi connectivity index (χ4v) is 4.03. The third-order valence-electron chi connectivity index (χ3n) is 4.62. The van der Waals surface area contributed by atoms with Crippen LogP contribution < -0.4 is 0 Å². The molecule has 0 saturated heterocycles. The van der Waals surface area contributed by atoms with E-state index in [1.807, 2.05) is 29.9 Å². The number of imidazole rings is 1. The first-order valence-corrected chi connectivity index (χ1v) is 9.23. The Hall–Kier alpha value is -1.98. The molecule has 2 heterocycles. The van der Waals surface area contributed by atoms with Crippen molar-refractivity contribution in [2.75, 3.05) is 0 Å². The standard InChI is InChI=1S/C19H22N4S/c1-14-5-3-4-6-17(14)19-21-11-16(24-19)12-23(15-7-8-15)13-18-20-9-10-22(18)2/h3-6,9-11,15H,7-8,12-13H2,1-2H3. The number of benzene rings is 1. The lowest BCUT2D eigenvalue weighted by Crippen LogP contribution is -2.26. The van der Waals surface area contributed by atoms with Gasteiger partial charge in [0.2, 0.25) is 0 Å². The van der Waals surface area contributed by atoms with Crippen LogP contribution in [0.5, 0.6) is 0 Å². The quantitative estimate of drug-likeness (QED) is 0.681. The maximum absolute atomic E-state index is 4.67. The van der Waals surface area contributed by atoms with Gasteiger partial charge < -0.3 is 4.57 Å². The van der Waals surface area contributed by atoms with Crippen molar-refractivity contribution in [3.8, 4) is 10.6 Å². The Morgan fingerprint density at radius 3 is 2.75 bits per heavy atom. The number of aromatic nitrogens is 3. The van der Waals surface area contributed by atoms with Crippen LogP contribution in [-0.2, 0) is 20.1 Å². The van der Waals surface area contributed by atoms with Gasteiger partial charge in [-0.2, -0.15) is 0 Å².